The largest absolute Gasteiger partial charge is 0.351 e. The molecule has 1 N–H and O–H groups in total. The zero-order valence-corrected chi connectivity index (χ0v) is 17.3. The number of aromatic nitrogens is 4. The summed E-state index contributed by atoms with van der Waals surface area (Å²) in [6.07, 6.45) is 2.89. The molecule has 0 radical (unpaired) electrons. The average molecular weight is 472 g/mol. The highest BCUT2D eigenvalue weighted by atomic mass is 79.9. The van der Waals surface area contributed by atoms with Crippen molar-refractivity contribution < 1.29 is 9.18 Å². The Morgan fingerprint density at radius 1 is 1.17 bits per heavy atom. The first kappa shape index (κ1) is 19.8. The van der Waals surface area contributed by atoms with Crippen LogP contribution in [0.3, 0.4) is 0 Å². The highest BCUT2D eigenvalue weighted by molar-refractivity contribution is 9.10. The van der Waals surface area contributed by atoms with Crippen molar-refractivity contribution in [1.29, 1.82) is 0 Å². The highest BCUT2D eigenvalue weighted by Crippen LogP contribution is 2.18. The summed E-state index contributed by atoms with van der Waals surface area (Å²) >= 11 is 3.42. The Hall–Kier alpha value is -3.53. The first-order valence-electron chi connectivity index (χ1n) is 8.86. The minimum absolute atomic E-state index is 0.110. The van der Waals surface area contributed by atoms with Crippen molar-refractivity contribution >= 4 is 33.2 Å². The van der Waals surface area contributed by atoms with Gasteiger partial charge in [-0.15, -0.1) is 5.10 Å². The van der Waals surface area contributed by atoms with Crippen molar-refractivity contribution in [3.8, 4) is 5.69 Å². The van der Waals surface area contributed by atoms with E-state index in [0.717, 1.165) is 25.2 Å². The van der Waals surface area contributed by atoms with Gasteiger partial charge in [0.1, 0.15) is 12.4 Å². The van der Waals surface area contributed by atoms with Gasteiger partial charge in [0.05, 0.1) is 0 Å². The molecule has 4 rings (SSSR count). The number of aryl methyl sites for hydroxylation is 1. The third kappa shape index (κ3) is 3.69. The first-order valence-corrected chi connectivity index (χ1v) is 9.65. The van der Waals surface area contributed by atoms with E-state index in [2.05, 4.69) is 26.3 Å². The molecular weight excluding hydrogens is 457 g/mol. The van der Waals surface area contributed by atoms with Gasteiger partial charge in [0.15, 0.2) is 0 Å². The third-order valence-corrected chi connectivity index (χ3v) is 5.36. The highest BCUT2D eigenvalue weighted by Gasteiger charge is 2.15. The van der Waals surface area contributed by atoms with Crippen LogP contribution < -0.4 is 16.6 Å². The lowest BCUT2D eigenvalue weighted by molar-refractivity contribution is -0.117. The number of nitrogens with one attached hydrogen (secondary N) is 1. The summed E-state index contributed by atoms with van der Waals surface area (Å²) in [7, 11) is 0. The van der Waals surface area contributed by atoms with E-state index in [0.29, 0.717) is 5.69 Å². The summed E-state index contributed by atoms with van der Waals surface area (Å²) in [6.45, 7) is 1.47. The van der Waals surface area contributed by atoms with Crippen LogP contribution >= 0.6 is 15.9 Å². The van der Waals surface area contributed by atoms with Crippen LogP contribution in [0.25, 0.3) is 11.3 Å². The minimum atomic E-state index is -0.629. The van der Waals surface area contributed by atoms with Gasteiger partial charge in [0.2, 0.25) is 11.6 Å². The number of anilines is 1. The third-order valence-electron chi connectivity index (χ3n) is 4.47. The molecule has 0 aliphatic carbocycles. The summed E-state index contributed by atoms with van der Waals surface area (Å²) < 4.78 is 17.5. The standard InChI is InChI=1S/C20H15BrFN5O3/c1-12-9-15(5-6-16(12)21)25-7-8-26-18(19(25)29)24-27(20(26)30)11-17(28)23-14-4-2-3-13(22)10-14/h2-10H,11H2,1H3,(H,23,28). The number of benzene rings is 2. The second-order valence-corrected chi connectivity index (χ2v) is 7.45. The lowest BCUT2D eigenvalue weighted by atomic mass is 10.2. The van der Waals surface area contributed by atoms with E-state index in [1.807, 2.05) is 19.1 Å². The molecule has 2 heterocycles. The molecule has 10 heteroatoms. The van der Waals surface area contributed by atoms with E-state index >= 15 is 0 Å². The summed E-state index contributed by atoms with van der Waals surface area (Å²) in [5.41, 5.74) is 0.577. The molecule has 0 atom stereocenters. The monoisotopic (exact) mass is 471 g/mol. The van der Waals surface area contributed by atoms with Crippen LogP contribution in [-0.2, 0) is 11.3 Å². The lowest BCUT2D eigenvalue weighted by Crippen LogP contribution is -2.28. The molecule has 0 saturated heterocycles. The van der Waals surface area contributed by atoms with Gasteiger partial charge in [-0.3, -0.25) is 14.2 Å². The van der Waals surface area contributed by atoms with Gasteiger partial charge >= 0.3 is 11.2 Å². The Kier molecular flexibility index (Phi) is 5.08. The smallest absolute Gasteiger partial charge is 0.324 e. The second-order valence-electron chi connectivity index (χ2n) is 6.60. The van der Waals surface area contributed by atoms with E-state index in [4.69, 9.17) is 0 Å². The molecule has 0 spiro atoms. The van der Waals surface area contributed by atoms with Crippen LogP contribution in [0.2, 0.25) is 0 Å². The van der Waals surface area contributed by atoms with E-state index in [-0.39, 0.29) is 11.3 Å². The van der Waals surface area contributed by atoms with Crippen molar-refractivity contribution in [2.45, 2.75) is 13.5 Å². The zero-order valence-electron chi connectivity index (χ0n) is 15.7. The van der Waals surface area contributed by atoms with E-state index < -0.39 is 29.5 Å². The Balaban J connectivity index is 1.67. The van der Waals surface area contributed by atoms with Gasteiger partial charge in [-0.25, -0.2) is 18.3 Å². The normalized spacial score (nSPS) is 11.0. The van der Waals surface area contributed by atoms with Gasteiger partial charge in [-0.05, 0) is 48.9 Å². The first-order chi connectivity index (χ1) is 14.3. The number of hydrogen-bond acceptors (Lipinski definition) is 4. The Morgan fingerprint density at radius 3 is 2.70 bits per heavy atom. The van der Waals surface area contributed by atoms with Crippen LogP contribution in [0.1, 0.15) is 5.56 Å². The SMILES string of the molecule is Cc1cc(-n2ccn3c(=O)n(CC(=O)Nc4cccc(F)c4)nc3c2=O)ccc1Br. The van der Waals surface area contributed by atoms with Gasteiger partial charge in [-0.2, -0.15) is 0 Å². The lowest BCUT2D eigenvalue weighted by Gasteiger charge is -2.07. The van der Waals surface area contributed by atoms with Crippen LogP contribution in [0.4, 0.5) is 10.1 Å². The van der Waals surface area contributed by atoms with E-state index in [1.54, 1.807) is 6.07 Å². The van der Waals surface area contributed by atoms with Gasteiger partial charge < -0.3 is 5.32 Å². The molecule has 0 bridgehead atoms. The maximum atomic E-state index is 13.3. The Morgan fingerprint density at radius 2 is 1.97 bits per heavy atom. The number of rotatable bonds is 4. The fourth-order valence-corrected chi connectivity index (χ4v) is 3.24. The van der Waals surface area contributed by atoms with E-state index in [1.165, 1.54) is 35.2 Å². The molecule has 0 fully saturated rings. The maximum Gasteiger partial charge on any atom is 0.351 e. The predicted octanol–water partition coefficient (Wildman–Crippen LogP) is 2.50. The molecule has 0 aliphatic rings. The van der Waals surface area contributed by atoms with E-state index in [9.17, 15) is 18.8 Å². The minimum Gasteiger partial charge on any atom is -0.324 e. The van der Waals surface area contributed by atoms with Crippen molar-refractivity contribution in [3.63, 3.8) is 0 Å². The van der Waals surface area contributed by atoms with Crippen molar-refractivity contribution in [1.82, 2.24) is 18.7 Å². The number of hydrogen-bond donors (Lipinski definition) is 1. The van der Waals surface area contributed by atoms with Crippen LogP contribution in [-0.4, -0.2) is 24.7 Å². The quantitative estimate of drug-likeness (QED) is 0.495. The number of fused-ring (bicyclic) bond motifs is 1. The molecule has 0 aliphatic heterocycles. The topological polar surface area (TPSA) is 90.4 Å². The molecule has 8 nitrogen and oxygen atoms in total. The van der Waals surface area contributed by atoms with Gasteiger partial charge in [0.25, 0.3) is 0 Å². The van der Waals surface area contributed by atoms with Gasteiger partial charge in [-0.1, -0.05) is 22.0 Å². The zero-order chi connectivity index (χ0) is 21.4. The van der Waals surface area contributed by atoms with Crippen LogP contribution in [0.15, 0.2) is 68.9 Å². The molecule has 30 heavy (non-hydrogen) atoms. The predicted molar refractivity (Wildman–Crippen MR) is 113 cm³/mol. The molecule has 152 valence electrons. The number of nitrogens with zero attached hydrogens (tertiary/aromatic N) is 4. The van der Waals surface area contributed by atoms with Crippen LogP contribution in [0.5, 0.6) is 0 Å². The Labute approximate surface area is 177 Å². The summed E-state index contributed by atoms with van der Waals surface area (Å²) in [6, 6.07) is 10.8. The molecule has 2 aromatic carbocycles. The second kappa shape index (κ2) is 7.71. The summed E-state index contributed by atoms with van der Waals surface area (Å²) in [5, 5.41) is 6.52. The molecular formula is C20H15BrFN5O3. The fourth-order valence-electron chi connectivity index (χ4n) is 3.00. The molecule has 0 unspecified atom stereocenters. The number of carbonyl (C=O) groups excluding carboxylic acids is 1. The van der Waals surface area contributed by atoms with Crippen molar-refractivity contribution in [2.24, 2.45) is 0 Å². The molecule has 4 aromatic rings. The van der Waals surface area contributed by atoms with Gasteiger partial charge in [0, 0.05) is 28.2 Å². The number of amides is 1. The Bertz CT molecular complexity index is 1410. The number of carbonyl (C=O) groups is 1. The number of halogens is 2. The van der Waals surface area contributed by atoms with Crippen LogP contribution in [0, 0.1) is 12.7 Å². The summed E-state index contributed by atoms with van der Waals surface area (Å²) in [4.78, 5) is 37.7. The maximum absolute atomic E-state index is 13.3. The summed E-state index contributed by atoms with van der Waals surface area (Å²) in [5.74, 6) is -1.07. The molecule has 1 amide bonds. The van der Waals surface area contributed by atoms with Crippen molar-refractivity contribution in [3.05, 3.63) is 91.5 Å². The fraction of sp³-hybridized carbons (Fsp3) is 0.100. The molecule has 0 saturated carbocycles. The average Bonchev–Trinajstić information content (AvgIpc) is 3.01. The molecule has 2 aromatic heterocycles. The van der Waals surface area contributed by atoms with Crippen molar-refractivity contribution in [2.75, 3.05) is 5.32 Å².